The summed E-state index contributed by atoms with van der Waals surface area (Å²) < 4.78 is 6.85. The van der Waals surface area contributed by atoms with E-state index in [1.165, 1.54) is 4.52 Å². The predicted molar refractivity (Wildman–Crippen MR) is 85.2 cm³/mol. The second-order valence-corrected chi connectivity index (χ2v) is 4.89. The lowest BCUT2D eigenvalue weighted by atomic mass is 10.3. The van der Waals surface area contributed by atoms with Gasteiger partial charge in [-0.05, 0) is 12.1 Å². The Balaban J connectivity index is 0.00000144. The molecule has 0 unspecified atom stereocenters. The van der Waals surface area contributed by atoms with Crippen LogP contribution in [0.2, 0.25) is 0 Å². The smallest absolute Gasteiger partial charge is 0.225 e. The summed E-state index contributed by atoms with van der Waals surface area (Å²) >= 11 is 0. The number of nitrogen functional groups attached to an aromatic ring is 1. The van der Waals surface area contributed by atoms with E-state index in [1.54, 1.807) is 12.3 Å². The van der Waals surface area contributed by atoms with Crippen molar-refractivity contribution in [1.29, 1.82) is 0 Å². The molecule has 116 valence electrons. The number of nitrogens with two attached hydrogens (primary N) is 1. The van der Waals surface area contributed by atoms with Crippen LogP contribution >= 0.6 is 12.4 Å². The topological polar surface area (TPSA) is 97.5 Å². The van der Waals surface area contributed by atoms with Crippen molar-refractivity contribution in [3.8, 4) is 11.6 Å². The summed E-state index contributed by atoms with van der Waals surface area (Å²) in [5, 5.41) is 7.65. The van der Waals surface area contributed by atoms with Crippen LogP contribution in [-0.2, 0) is 0 Å². The van der Waals surface area contributed by atoms with Gasteiger partial charge in [0, 0.05) is 32.2 Å². The summed E-state index contributed by atoms with van der Waals surface area (Å²) in [6, 6.07) is 5.52. The van der Waals surface area contributed by atoms with E-state index < -0.39 is 0 Å². The third-order valence-corrected chi connectivity index (χ3v) is 3.52. The molecule has 0 atom stereocenters. The Bertz CT molecular complexity index is 764. The van der Waals surface area contributed by atoms with E-state index in [0.29, 0.717) is 23.2 Å². The zero-order valence-electron chi connectivity index (χ0n) is 11.8. The van der Waals surface area contributed by atoms with E-state index >= 15 is 0 Å². The third-order valence-electron chi connectivity index (χ3n) is 3.52. The Morgan fingerprint density at radius 3 is 2.77 bits per heavy atom. The quantitative estimate of drug-likeness (QED) is 0.720. The summed E-state index contributed by atoms with van der Waals surface area (Å²) in [6.45, 7) is 3.69. The number of hydrogen-bond donors (Lipinski definition) is 2. The van der Waals surface area contributed by atoms with Gasteiger partial charge in [-0.2, -0.15) is 9.50 Å². The van der Waals surface area contributed by atoms with Gasteiger partial charge >= 0.3 is 0 Å². The van der Waals surface area contributed by atoms with Crippen LogP contribution in [0.1, 0.15) is 0 Å². The van der Waals surface area contributed by atoms with Crippen molar-refractivity contribution in [2.75, 3.05) is 36.8 Å². The molecule has 1 saturated heterocycles. The lowest BCUT2D eigenvalue weighted by Crippen LogP contribution is -2.44. The lowest BCUT2D eigenvalue weighted by Gasteiger charge is -2.28. The Hall–Kier alpha value is -2.32. The maximum absolute atomic E-state index is 6.01. The van der Waals surface area contributed by atoms with Gasteiger partial charge in [-0.1, -0.05) is 0 Å². The average Bonchev–Trinajstić information content (AvgIpc) is 3.17. The van der Waals surface area contributed by atoms with Crippen LogP contribution in [0, 0.1) is 0 Å². The fourth-order valence-electron chi connectivity index (χ4n) is 2.46. The molecule has 0 amide bonds. The highest BCUT2D eigenvalue weighted by Gasteiger charge is 2.16. The molecule has 3 aromatic rings. The number of piperazine rings is 1. The SMILES string of the molecule is Cl.Nc1nc(N2CCNCC2)cc2nc(-c3ccco3)nn12. The number of furan rings is 1. The van der Waals surface area contributed by atoms with Crippen molar-refractivity contribution in [1.82, 2.24) is 24.9 Å². The highest BCUT2D eigenvalue weighted by molar-refractivity contribution is 5.85. The Morgan fingerprint density at radius 2 is 2.05 bits per heavy atom. The Kier molecular flexibility index (Phi) is 3.86. The summed E-state index contributed by atoms with van der Waals surface area (Å²) in [5.74, 6) is 2.28. The summed E-state index contributed by atoms with van der Waals surface area (Å²) in [5.41, 5.74) is 6.68. The van der Waals surface area contributed by atoms with Crippen LogP contribution in [0.3, 0.4) is 0 Å². The van der Waals surface area contributed by atoms with Gasteiger partial charge in [0.05, 0.1) is 6.26 Å². The van der Waals surface area contributed by atoms with E-state index in [1.807, 2.05) is 12.1 Å². The van der Waals surface area contributed by atoms with Crippen molar-refractivity contribution in [2.24, 2.45) is 0 Å². The standard InChI is InChI=1S/C13H15N7O.ClH/c14-13-17-10(19-5-3-15-4-6-19)8-11-16-12(18-20(11)13)9-2-1-7-21-9;/h1-2,7-8,15H,3-6H2,(H2,14,17);1H. The molecule has 0 radical (unpaired) electrons. The van der Waals surface area contributed by atoms with E-state index in [-0.39, 0.29) is 12.4 Å². The van der Waals surface area contributed by atoms with Gasteiger partial charge in [-0.25, -0.2) is 4.98 Å². The third kappa shape index (κ3) is 2.46. The van der Waals surface area contributed by atoms with E-state index in [2.05, 4.69) is 25.3 Å². The fraction of sp³-hybridized carbons (Fsp3) is 0.308. The number of halogens is 1. The molecule has 0 bridgehead atoms. The second kappa shape index (κ2) is 5.82. The monoisotopic (exact) mass is 321 g/mol. The zero-order chi connectivity index (χ0) is 14.2. The number of fused-ring (bicyclic) bond motifs is 1. The van der Waals surface area contributed by atoms with Gasteiger partial charge in [-0.15, -0.1) is 17.5 Å². The first-order chi connectivity index (χ1) is 10.3. The maximum Gasteiger partial charge on any atom is 0.225 e. The van der Waals surface area contributed by atoms with Gasteiger partial charge in [0.25, 0.3) is 0 Å². The molecule has 22 heavy (non-hydrogen) atoms. The molecule has 1 aliphatic rings. The highest BCUT2D eigenvalue weighted by Crippen LogP contribution is 2.21. The zero-order valence-corrected chi connectivity index (χ0v) is 12.6. The first-order valence-electron chi connectivity index (χ1n) is 6.84. The molecule has 1 aliphatic heterocycles. The molecular formula is C13H16ClN7O. The average molecular weight is 322 g/mol. The lowest BCUT2D eigenvalue weighted by molar-refractivity contribution is 0.577. The van der Waals surface area contributed by atoms with Crippen LogP contribution in [-0.4, -0.2) is 45.8 Å². The number of hydrogen-bond acceptors (Lipinski definition) is 7. The van der Waals surface area contributed by atoms with Crippen LogP contribution in [0.25, 0.3) is 17.2 Å². The molecule has 1 fully saturated rings. The van der Waals surface area contributed by atoms with E-state index in [0.717, 1.165) is 32.0 Å². The van der Waals surface area contributed by atoms with Crippen molar-refractivity contribution < 1.29 is 4.42 Å². The summed E-state index contributed by atoms with van der Waals surface area (Å²) in [6.07, 6.45) is 1.59. The molecule has 0 spiro atoms. The van der Waals surface area contributed by atoms with Crippen LogP contribution in [0.5, 0.6) is 0 Å². The second-order valence-electron chi connectivity index (χ2n) is 4.89. The van der Waals surface area contributed by atoms with Crippen LogP contribution < -0.4 is 16.0 Å². The van der Waals surface area contributed by atoms with Crippen molar-refractivity contribution in [2.45, 2.75) is 0 Å². The normalized spacial score (nSPS) is 15.0. The summed E-state index contributed by atoms with van der Waals surface area (Å²) in [4.78, 5) is 11.1. The van der Waals surface area contributed by atoms with E-state index in [4.69, 9.17) is 10.2 Å². The van der Waals surface area contributed by atoms with Gasteiger partial charge in [0.1, 0.15) is 5.82 Å². The molecule has 8 nitrogen and oxygen atoms in total. The first-order valence-corrected chi connectivity index (χ1v) is 6.84. The number of aromatic nitrogens is 4. The minimum atomic E-state index is 0. The summed E-state index contributed by atoms with van der Waals surface area (Å²) in [7, 11) is 0. The molecule has 3 aromatic heterocycles. The van der Waals surface area contributed by atoms with Gasteiger partial charge in [-0.3, -0.25) is 0 Å². The fourth-order valence-corrected chi connectivity index (χ4v) is 2.46. The molecule has 4 heterocycles. The molecule has 4 rings (SSSR count). The molecule has 3 N–H and O–H groups in total. The number of nitrogens with one attached hydrogen (secondary N) is 1. The van der Waals surface area contributed by atoms with Crippen LogP contribution in [0.4, 0.5) is 11.8 Å². The molecular weight excluding hydrogens is 306 g/mol. The molecule has 9 heteroatoms. The highest BCUT2D eigenvalue weighted by atomic mass is 35.5. The van der Waals surface area contributed by atoms with Crippen LogP contribution in [0.15, 0.2) is 28.9 Å². The Labute approximate surface area is 132 Å². The maximum atomic E-state index is 6.01. The van der Waals surface area contributed by atoms with E-state index in [9.17, 15) is 0 Å². The molecule has 0 aromatic carbocycles. The molecule has 0 aliphatic carbocycles. The van der Waals surface area contributed by atoms with Crippen molar-refractivity contribution >= 4 is 29.8 Å². The first kappa shape index (κ1) is 14.6. The van der Waals surface area contributed by atoms with Gasteiger partial charge < -0.3 is 20.4 Å². The number of nitrogens with zero attached hydrogens (tertiary/aromatic N) is 5. The largest absolute Gasteiger partial charge is 0.461 e. The number of anilines is 2. The van der Waals surface area contributed by atoms with Gasteiger partial charge in [0.15, 0.2) is 11.4 Å². The minimum absolute atomic E-state index is 0. The van der Waals surface area contributed by atoms with Crippen molar-refractivity contribution in [3.05, 3.63) is 24.5 Å². The van der Waals surface area contributed by atoms with Gasteiger partial charge in [0.2, 0.25) is 11.8 Å². The molecule has 0 saturated carbocycles. The van der Waals surface area contributed by atoms with Crippen molar-refractivity contribution in [3.63, 3.8) is 0 Å². The number of rotatable bonds is 2. The Morgan fingerprint density at radius 1 is 1.23 bits per heavy atom. The minimum Gasteiger partial charge on any atom is -0.461 e. The predicted octanol–water partition coefficient (Wildman–Crippen LogP) is 0.798.